The predicted molar refractivity (Wildman–Crippen MR) is 76.2 cm³/mol. The largest absolute Gasteiger partial charge is 0.357 e. The molecule has 1 unspecified atom stereocenters. The summed E-state index contributed by atoms with van der Waals surface area (Å²) in [5.74, 6) is 0.267. The third-order valence-corrected chi connectivity index (χ3v) is 3.32. The second-order valence-corrected chi connectivity index (χ2v) is 5.34. The zero-order chi connectivity index (χ0) is 13.8. The van der Waals surface area contributed by atoms with Gasteiger partial charge in [0.25, 0.3) is 0 Å². The fraction of sp³-hybridized carbons (Fsp3) is 0.375. The second kappa shape index (κ2) is 6.02. The molecule has 0 bridgehead atoms. The molecule has 1 aromatic heterocycles. The van der Waals surface area contributed by atoms with E-state index < -0.39 is 0 Å². The van der Waals surface area contributed by atoms with Crippen molar-refractivity contribution in [2.24, 2.45) is 13.0 Å². The summed E-state index contributed by atoms with van der Waals surface area (Å²) >= 11 is 0. The topological polar surface area (TPSA) is 17.0 Å². The molecular weight excluding hydrogens is 239 g/mol. The van der Waals surface area contributed by atoms with Gasteiger partial charge in [-0.05, 0) is 35.2 Å². The number of halogens is 1. The van der Waals surface area contributed by atoms with E-state index in [2.05, 4.69) is 31.4 Å². The summed E-state index contributed by atoms with van der Waals surface area (Å²) < 4.78 is 15.0. The molecule has 0 spiro atoms. The van der Waals surface area contributed by atoms with Crippen LogP contribution in [0.4, 0.5) is 4.39 Å². The molecule has 0 aliphatic carbocycles. The highest BCUT2D eigenvalue weighted by atomic mass is 19.1. The van der Waals surface area contributed by atoms with E-state index in [1.807, 2.05) is 29.9 Å². The normalized spacial score (nSPS) is 12.9. The summed E-state index contributed by atoms with van der Waals surface area (Å²) in [6, 6.07) is 9.11. The van der Waals surface area contributed by atoms with E-state index >= 15 is 0 Å². The van der Waals surface area contributed by atoms with Gasteiger partial charge in [0.15, 0.2) is 0 Å². The van der Waals surface area contributed by atoms with E-state index in [9.17, 15) is 4.39 Å². The molecule has 1 N–H and O–H groups in total. The van der Waals surface area contributed by atoms with Crippen molar-refractivity contribution >= 4 is 0 Å². The molecule has 3 heteroatoms. The predicted octanol–water partition coefficient (Wildman–Crippen LogP) is 3.65. The van der Waals surface area contributed by atoms with Crippen LogP contribution in [0.15, 0.2) is 42.7 Å². The van der Waals surface area contributed by atoms with Crippen LogP contribution < -0.4 is 5.32 Å². The van der Waals surface area contributed by atoms with Gasteiger partial charge in [0.05, 0.1) is 0 Å². The van der Waals surface area contributed by atoms with Crippen LogP contribution in [0.5, 0.6) is 0 Å². The first-order valence-electron chi connectivity index (χ1n) is 6.66. The Morgan fingerprint density at radius 2 is 1.84 bits per heavy atom. The molecule has 19 heavy (non-hydrogen) atoms. The molecular formula is C16H21FN2. The van der Waals surface area contributed by atoms with Crippen molar-refractivity contribution < 1.29 is 4.39 Å². The Bertz CT molecular complexity index is 514. The third-order valence-electron chi connectivity index (χ3n) is 3.32. The van der Waals surface area contributed by atoms with Crippen molar-refractivity contribution in [1.82, 2.24) is 9.88 Å². The first-order valence-corrected chi connectivity index (χ1v) is 6.66. The first-order chi connectivity index (χ1) is 9.06. The van der Waals surface area contributed by atoms with Gasteiger partial charge >= 0.3 is 0 Å². The molecule has 0 radical (unpaired) electrons. The minimum atomic E-state index is -0.186. The lowest BCUT2D eigenvalue weighted by atomic mass is 9.96. The van der Waals surface area contributed by atoms with Crippen molar-refractivity contribution in [3.05, 3.63) is 59.7 Å². The van der Waals surface area contributed by atoms with Crippen LogP contribution in [0.1, 0.15) is 31.0 Å². The monoisotopic (exact) mass is 260 g/mol. The molecule has 2 nitrogen and oxygen atoms in total. The Hall–Kier alpha value is -1.61. The van der Waals surface area contributed by atoms with Crippen LogP contribution in [-0.2, 0) is 13.6 Å². The van der Waals surface area contributed by atoms with Crippen LogP contribution in [0, 0.1) is 11.7 Å². The van der Waals surface area contributed by atoms with Crippen LogP contribution >= 0.6 is 0 Å². The van der Waals surface area contributed by atoms with Crippen molar-refractivity contribution in [3.63, 3.8) is 0 Å². The number of hydrogen-bond donors (Lipinski definition) is 1. The highest BCUT2D eigenvalue weighted by Crippen LogP contribution is 2.22. The Morgan fingerprint density at radius 1 is 1.16 bits per heavy atom. The maximum atomic E-state index is 13.0. The molecule has 0 saturated carbocycles. The zero-order valence-electron chi connectivity index (χ0n) is 11.7. The van der Waals surface area contributed by atoms with E-state index in [-0.39, 0.29) is 11.9 Å². The molecule has 102 valence electrons. The minimum absolute atomic E-state index is 0.186. The Kier molecular flexibility index (Phi) is 4.38. The van der Waals surface area contributed by atoms with Gasteiger partial charge in [-0.1, -0.05) is 26.0 Å². The second-order valence-electron chi connectivity index (χ2n) is 5.34. The van der Waals surface area contributed by atoms with Crippen LogP contribution in [0.2, 0.25) is 0 Å². The number of hydrogen-bond acceptors (Lipinski definition) is 1. The van der Waals surface area contributed by atoms with Gasteiger partial charge in [-0.15, -0.1) is 0 Å². The summed E-state index contributed by atoms with van der Waals surface area (Å²) in [4.78, 5) is 0. The fourth-order valence-electron chi connectivity index (χ4n) is 2.30. The number of rotatable bonds is 5. The molecule has 0 saturated heterocycles. The van der Waals surface area contributed by atoms with Crippen LogP contribution in [0.25, 0.3) is 0 Å². The number of nitrogens with one attached hydrogen (secondary N) is 1. The maximum Gasteiger partial charge on any atom is 0.123 e. The Labute approximate surface area is 114 Å². The molecule has 0 aliphatic heterocycles. The third kappa shape index (κ3) is 3.67. The summed E-state index contributed by atoms with van der Waals surface area (Å²) in [7, 11) is 2.02. The molecule has 2 aromatic rings. The molecule has 0 aliphatic rings. The van der Waals surface area contributed by atoms with E-state index in [1.165, 1.54) is 17.7 Å². The van der Waals surface area contributed by atoms with E-state index in [0.717, 1.165) is 12.1 Å². The van der Waals surface area contributed by atoms with E-state index in [0.29, 0.717) is 5.92 Å². The summed E-state index contributed by atoms with van der Waals surface area (Å²) in [6.45, 7) is 5.17. The number of aromatic nitrogens is 1. The zero-order valence-corrected chi connectivity index (χ0v) is 11.7. The van der Waals surface area contributed by atoms with Crippen molar-refractivity contribution in [3.8, 4) is 0 Å². The summed E-state index contributed by atoms with van der Waals surface area (Å²) in [6.07, 6.45) is 4.15. The molecule has 0 fully saturated rings. The van der Waals surface area contributed by atoms with Crippen LogP contribution in [-0.4, -0.2) is 4.57 Å². The smallest absolute Gasteiger partial charge is 0.123 e. The number of nitrogens with zero attached hydrogens (tertiary/aromatic N) is 1. The molecule has 1 heterocycles. The Morgan fingerprint density at radius 3 is 2.37 bits per heavy atom. The maximum absolute atomic E-state index is 13.0. The summed E-state index contributed by atoms with van der Waals surface area (Å²) in [5, 5.41) is 3.55. The number of aryl methyl sites for hydroxylation is 1. The fourth-order valence-corrected chi connectivity index (χ4v) is 2.30. The van der Waals surface area contributed by atoms with Gasteiger partial charge in [0, 0.05) is 32.0 Å². The molecule has 0 amide bonds. The number of benzene rings is 1. The lowest BCUT2D eigenvalue weighted by molar-refractivity contribution is 0.410. The lowest BCUT2D eigenvalue weighted by Gasteiger charge is -2.23. The van der Waals surface area contributed by atoms with Crippen LogP contribution in [0.3, 0.4) is 0 Å². The van der Waals surface area contributed by atoms with Crippen molar-refractivity contribution in [2.45, 2.75) is 26.4 Å². The molecule has 1 atom stereocenters. The molecule has 1 aromatic carbocycles. The average molecular weight is 260 g/mol. The van der Waals surface area contributed by atoms with Crippen molar-refractivity contribution in [2.75, 3.05) is 0 Å². The van der Waals surface area contributed by atoms with Gasteiger partial charge in [-0.3, -0.25) is 0 Å². The van der Waals surface area contributed by atoms with Crippen molar-refractivity contribution in [1.29, 1.82) is 0 Å². The minimum Gasteiger partial charge on any atom is -0.357 e. The highest BCUT2D eigenvalue weighted by molar-refractivity contribution is 5.21. The van der Waals surface area contributed by atoms with Gasteiger partial charge < -0.3 is 9.88 Å². The lowest BCUT2D eigenvalue weighted by Crippen LogP contribution is -2.25. The Balaban J connectivity index is 2.06. The first kappa shape index (κ1) is 13.8. The van der Waals surface area contributed by atoms with E-state index in [4.69, 9.17) is 0 Å². The highest BCUT2D eigenvalue weighted by Gasteiger charge is 2.15. The standard InChI is InChI=1S/C16H21FN2/c1-12(2)16(14-4-6-15(17)7-5-14)18-10-13-8-9-19(3)11-13/h4-9,11-12,16,18H,10H2,1-3H3. The van der Waals surface area contributed by atoms with E-state index in [1.54, 1.807) is 0 Å². The average Bonchev–Trinajstić information content (AvgIpc) is 2.77. The van der Waals surface area contributed by atoms with Gasteiger partial charge in [-0.2, -0.15) is 0 Å². The SMILES string of the molecule is CC(C)C(NCc1ccn(C)c1)c1ccc(F)cc1. The molecule has 2 rings (SSSR count). The van der Waals surface area contributed by atoms with Gasteiger partial charge in [0.2, 0.25) is 0 Å². The van der Waals surface area contributed by atoms with Gasteiger partial charge in [0.1, 0.15) is 5.82 Å². The quantitative estimate of drug-likeness (QED) is 0.868. The summed E-state index contributed by atoms with van der Waals surface area (Å²) in [5.41, 5.74) is 2.39. The van der Waals surface area contributed by atoms with Gasteiger partial charge in [-0.25, -0.2) is 4.39 Å².